The van der Waals surface area contributed by atoms with Crippen molar-refractivity contribution >= 4 is 23.8 Å². The third-order valence-electron chi connectivity index (χ3n) is 3.71. The second kappa shape index (κ2) is 8.45. The molecule has 2 aliphatic rings. The van der Waals surface area contributed by atoms with Crippen LogP contribution in [0.1, 0.15) is 6.42 Å². The first-order valence-corrected chi connectivity index (χ1v) is 8.49. The highest BCUT2D eigenvalue weighted by Crippen LogP contribution is 2.16. The van der Waals surface area contributed by atoms with Gasteiger partial charge in [0.15, 0.2) is 0 Å². The van der Waals surface area contributed by atoms with Crippen LogP contribution in [0.2, 0.25) is 0 Å². The Kier molecular flexibility index (Phi) is 6.59. The third-order valence-corrected chi connectivity index (χ3v) is 4.73. The van der Waals surface area contributed by atoms with E-state index in [0.717, 1.165) is 45.0 Å². The summed E-state index contributed by atoms with van der Waals surface area (Å²) >= 11 is 1.58. The highest BCUT2D eigenvalue weighted by Gasteiger charge is 2.32. The second-order valence-corrected chi connectivity index (χ2v) is 6.31. The Morgan fingerprint density at radius 2 is 2.05 bits per heavy atom. The van der Waals surface area contributed by atoms with E-state index >= 15 is 0 Å². The van der Waals surface area contributed by atoms with E-state index in [-0.39, 0.29) is 6.03 Å². The summed E-state index contributed by atoms with van der Waals surface area (Å²) in [7, 11) is 0. The predicted molar refractivity (Wildman–Crippen MR) is 80.7 cm³/mol. The average molecular weight is 317 g/mol. The van der Waals surface area contributed by atoms with Gasteiger partial charge in [0.2, 0.25) is 0 Å². The van der Waals surface area contributed by atoms with Gasteiger partial charge in [-0.05, 0) is 13.0 Å². The van der Waals surface area contributed by atoms with Gasteiger partial charge in [0.25, 0.3) is 0 Å². The van der Waals surface area contributed by atoms with E-state index < -0.39 is 12.0 Å². The number of urea groups is 1. The summed E-state index contributed by atoms with van der Waals surface area (Å²) in [5, 5.41) is 12.0. The molecule has 120 valence electrons. The van der Waals surface area contributed by atoms with Crippen molar-refractivity contribution in [1.82, 2.24) is 15.1 Å². The Balaban J connectivity index is 1.67. The first-order chi connectivity index (χ1) is 10.2. The molecule has 0 aromatic heterocycles. The van der Waals surface area contributed by atoms with Crippen molar-refractivity contribution in [3.05, 3.63) is 0 Å². The van der Waals surface area contributed by atoms with Gasteiger partial charge in [0.1, 0.15) is 6.04 Å². The van der Waals surface area contributed by atoms with Gasteiger partial charge in [0.05, 0.1) is 13.2 Å². The van der Waals surface area contributed by atoms with Crippen molar-refractivity contribution in [2.24, 2.45) is 0 Å². The minimum Gasteiger partial charge on any atom is -0.480 e. The van der Waals surface area contributed by atoms with Crippen molar-refractivity contribution in [1.29, 1.82) is 0 Å². The molecule has 21 heavy (non-hydrogen) atoms. The van der Waals surface area contributed by atoms with E-state index in [9.17, 15) is 9.59 Å². The van der Waals surface area contributed by atoms with Crippen LogP contribution in [0.4, 0.5) is 4.79 Å². The number of rotatable bonds is 5. The van der Waals surface area contributed by atoms with Crippen molar-refractivity contribution in [3.8, 4) is 0 Å². The SMILES string of the molecule is O=C(O)C1CSCCN1C(=O)NCCCN1CCOCC1. The van der Waals surface area contributed by atoms with Gasteiger partial charge in [-0.2, -0.15) is 11.8 Å². The minimum atomic E-state index is -0.925. The van der Waals surface area contributed by atoms with Crippen LogP contribution >= 0.6 is 11.8 Å². The Labute approximate surface area is 129 Å². The molecule has 0 aromatic carbocycles. The maximum Gasteiger partial charge on any atom is 0.327 e. The zero-order chi connectivity index (χ0) is 15.1. The number of carboxylic acid groups (broad SMARTS) is 1. The van der Waals surface area contributed by atoms with Gasteiger partial charge >= 0.3 is 12.0 Å². The van der Waals surface area contributed by atoms with Gasteiger partial charge < -0.3 is 20.1 Å². The van der Waals surface area contributed by atoms with Crippen LogP contribution in [0.3, 0.4) is 0 Å². The molecule has 0 saturated carbocycles. The van der Waals surface area contributed by atoms with Crippen molar-refractivity contribution in [2.45, 2.75) is 12.5 Å². The van der Waals surface area contributed by atoms with E-state index in [2.05, 4.69) is 10.2 Å². The molecule has 8 heteroatoms. The molecule has 0 aromatic rings. The molecule has 2 amide bonds. The summed E-state index contributed by atoms with van der Waals surface area (Å²) in [5.74, 6) is 0.340. The third kappa shape index (κ3) is 5.05. The number of hydrogen-bond acceptors (Lipinski definition) is 5. The number of nitrogens with one attached hydrogen (secondary N) is 1. The molecule has 1 unspecified atom stereocenters. The molecule has 0 aliphatic carbocycles. The molecule has 2 saturated heterocycles. The van der Waals surface area contributed by atoms with Gasteiger partial charge in [-0.15, -0.1) is 0 Å². The molecule has 2 rings (SSSR count). The summed E-state index contributed by atoms with van der Waals surface area (Å²) in [5.41, 5.74) is 0. The molecular formula is C13H23N3O4S. The molecule has 2 N–H and O–H groups in total. The lowest BCUT2D eigenvalue weighted by molar-refractivity contribution is -0.141. The largest absolute Gasteiger partial charge is 0.480 e. The van der Waals surface area contributed by atoms with Crippen molar-refractivity contribution in [3.63, 3.8) is 0 Å². The quantitative estimate of drug-likeness (QED) is 0.690. The summed E-state index contributed by atoms with van der Waals surface area (Å²) in [6.07, 6.45) is 0.867. The van der Waals surface area contributed by atoms with Crippen LogP contribution in [-0.4, -0.2) is 90.4 Å². The van der Waals surface area contributed by atoms with Crippen LogP contribution in [-0.2, 0) is 9.53 Å². The minimum absolute atomic E-state index is 0.260. The number of nitrogens with zero attached hydrogens (tertiary/aromatic N) is 2. The van der Waals surface area contributed by atoms with Gasteiger partial charge in [-0.25, -0.2) is 9.59 Å². The Bertz CT molecular complexity index is 363. The number of amides is 2. The summed E-state index contributed by atoms with van der Waals surface area (Å²) in [6.45, 7) is 5.44. The van der Waals surface area contributed by atoms with E-state index in [0.29, 0.717) is 18.8 Å². The van der Waals surface area contributed by atoms with E-state index in [1.807, 2.05) is 0 Å². The fraction of sp³-hybridized carbons (Fsp3) is 0.846. The molecule has 0 spiro atoms. The highest BCUT2D eigenvalue weighted by atomic mass is 32.2. The number of carbonyl (C=O) groups excluding carboxylic acids is 1. The predicted octanol–water partition coefficient (Wildman–Crippen LogP) is -0.0797. The average Bonchev–Trinajstić information content (AvgIpc) is 2.52. The standard InChI is InChI=1S/C13H23N3O4S/c17-12(18)11-10-21-9-6-16(11)13(19)14-2-1-3-15-4-7-20-8-5-15/h11H,1-10H2,(H,14,19)(H,17,18). The Morgan fingerprint density at radius 3 is 2.76 bits per heavy atom. The van der Waals surface area contributed by atoms with Crippen LogP contribution in [0.15, 0.2) is 0 Å². The normalized spacial score (nSPS) is 23.8. The first kappa shape index (κ1) is 16.4. The number of thioether (sulfide) groups is 1. The molecule has 7 nitrogen and oxygen atoms in total. The smallest absolute Gasteiger partial charge is 0.327 e. The van der Waals surface area contributed by atoms with E-state index in [1.165, 1.54) is 4.90 Å². The Hall–Kier alpha value is -0.990. The van der Waals surface area contributed by atoms with Crippen molar-refractivity contribution < 1.29 is 19.4 Å². The number of aliphatic carboxylic acids is 1. The van der Waals surface area contributed by atoms with Gasteiger partial charge in [-0.1, -0.05) is 0 Å². The zero-order valence-electron chi connectivity index (χ0n) is 12.1. The lowest BCUT2D eigenvalue weighted by atomic mass is 10.3. The van der Waals surface area contributed by atoms with Crippen LogP contribution in [0.5, 0.6) is 0 Å². The zero-order valence-corrected chi connectivity index (χ0v) is 12.9. The monoisotopic (exact) mass is 317 g/mol. The maximum atomic E-state index is 12.1. The molecule has 2 aliphatic heterocycles. The molecule has 1 atom stereocenters. The Morgan fingerprint density at radius 1 is 1.29 bits per heavy atom. The number of hydrogen-bond donors (Lipinski definition) is 2. The van der Waals surface area contributed by atoms with Gasteiger partial charge in [-0.3, -0.25) is 4.90 Å². The number of carboxylic acids is 1. The van der Waals surface area contributed by atoms with Crippen LogP contribution in [0.25, 0.3) is 0 Å². The topological polar surface area (TPSA) is 82.1 Å². The lowest BCUT2D eigenvalue weighted by Crippen LogP contribution is -2.54. The lowest BCUT2D eigenvalue weighted by Gasteiger charge is -2.32. The number of carbonyl (C=O) groups is 2. The number of ether oxygens (including phenoxy) is 1. The highest BCUT2D eigenvalue weighted by molar-refractivity contribution is 7.99. The molecular weight excluding hydrogens is 294 g/mol. The van der Waals surface area contributed by atoms with Crippen LogP contribution in [0, 0.1) is 0 Å². The van der Waals surface area contributed by atoms with Crippen molar-refractivity contribution in [2.75, 3.05) is 57.4 Å². The van der Waals surface area contributed by atoms with E-state index in [4.69, 9.17) is 9.84 Å². The summed E-state index contributed by atoms with van der Waals surface area (Å²) in [6, 6.07) is -0.965. The molecule has 0 bridgehead atoms. The number of morpholine rings is 1. The molecule has 2 heterocycles. The summed E-state index contributed by atoms with van der Waals surface area (Å²) < 4.78 is 5.28. The maximum absolute atomic E-state index is 12.1. The second-order valence-electron chi connectivity index (χ2n) is 5.16. The van der Waals surface area contributed by atoms with E-state index in [1.54, 1.807) is 11.8 Å². The van der Waals surface area contributed by atoms with Crippen LogP contribution < -0.4 is 5.32 Å². The summed E-state index contributed by atoms with van der Waals surface area (Å²) in [4.78, 5) is 27.0. The fourth-order valence-electron chi connectivity index (χ4n) is 2.48. The molecule has 2 fully saturated rings. The fourth-order valence-corrected chi connectivity index (χ4v) is 3.51. The first-order valence-electron chi connectivity index (χ1n) is 7.33. The van der Waals surface area contributed by atoms with Gasteiger partial charge in [0, 0.05) is 37.7 Å². The molecule has 0 radical (unpaired) electrons.